The summed E-state index contributed by atoms with van der Waals surface area (Å²) in [4.78, 5) is 14.3. The Hall–Kier alpha value is -0.0900. The third-order valence-electron chi connectivity index (χ3n) is 3.67. The molecular weight excluding hydrogens is 301 g/mol. The van der Waals surface area contributed by atoms with Gasteiger partial charge in [0, 0.05) is 6.54 Å². The fourth-order valence-electron chi connectivity index (χ4n) is 2.74. The van der Waals surface area contributed by atoms with E-state index in [0.717, 1.165) is 12.5 Å². The van der Waals surface area contributed by atoms with Gasteiger partial charge in [-0.15, -0.1) is 11.3 Å². The highest BCUT2D eigenvalue weighted by molar-refractivity contribution is 7.20. The largest absolute Gasteiger partial charge is 0.299 e. The SMILES string of the molecule is CN(CC(=O)c1cc(Cl)sc1Cl)CC1CCCCC1. The number of rotatable bonds is 5. The average molecular weight is 320 g/mol. The number of thiophene rings is 1. The van der Waals surface area contributed by atoms with Gasteiger partial charge in [-0.25, -0.2) is 0 Å². The van der Waals surface area contributed by atoms with Crippen LogP contribution in [0.25, 0.3) is 0 Å². The molecule has 1 fully saturated rings. The molecule has 2 nitrogen and oxygen atoms in total. The molecule has 0 spiro atoms. The molecule has 5 heteroatoms. The van der Waals surface area contributed by atoms with Crippen molar-refractivity contribution >= 4 is 40.3 Å². The summed E-state index contributed by atoms with van der Waals surface area (Å²) in [6.45, 7) is 1.42. The number of likely N-dealkylation sites (N-methyl/N-ethyl adjacent to an activating group) is 1. The van der Waals surface area contributed by atoms with Gasteiger partial charge in [-0.1, -0.05) is 42.5 Å². The van der Waals surface area contributed by atoms with Gasteiger partial charge < -0.3 is 0 Å². The zero-order valence-corrected chi connectivity index (χ0v) is 13.5. The van der Waals surface area contributed by atoms with Crippen LogP contribution in [-0.2, 0) is 0 Å². The van der Waals surface area contributed by atoms with E-state index in [-0.39, 0.29) is 5.78 Å². The maximum Gasteiger partial charge on any atom is 0.179 e. The van der Waals surface area contributed by atoms with Crippen molar-refractivity contribution in [1.29, 1.82) is 0 Å². The highest BCUT2D eigenvalue weighted by atomic mass is 35.5. The number of hydrogen-bond acceptors (Lipinski definition) is 3. The van der Waals surface area contributed by atoms with Crippen LogP contribution in [0.3, 0.4) is 0 Å². The highest BCUT2D eigenvalue weighted by Gasteiger charge is 2.19. The minimum absolute atomic E-state index is 0.0615. The molecule has 0 atom stereocenters. The average Bonchev–Trinajstić information content (AvgIpc) is 2.69. The van der Waals surface area contributed by atoms with E-state index >= 15 is 0 Å². The van der Waals surface area contributed by atoms with E-state index in [4.69, 9.17) is 23.2 Å². The molecule has 1 aliphatic rings. The lowest BCUT2D eigenvalue weighted by atomic mass is 9.89. The zero-order valence-electron chi connectivity index (χ0n) is 11.1. The standard InChI is InChI=1S/C14H19Cl2NOS/c1-17(8-10-5-3-2-4-6-10)9-12(18)11-7-13(15)19-14(11)16/h7,10H,2-6,8-9H2,1H3. The minimum Gasteiger partial charge on any atom is -0.299 e. The van der Waals surface area contributed by atoms with Crippen LogP contribution in [0.2, 0.25) is 8.67 Å². The van der Waals surface area contributed by atoms with Crippen LogP contribution in [0.1, 0.15) is 42.5 Å². The third kappa shape index (κ3) is 4.45. The van der Waals surface area contributed by atoms with Crippen LogP contribution in [0.15, 0.2) is 6.07 Å². The Morgan fingerprint density at radius 3 is 2.63 bits per heavy atom. The molecule has 0 saturated heterocycles. The van der Waals surface area contributed by atoms with Crippen LogP contribution >= 0.6 is 34.5 Å². The molecule has 1 aliphatic carbocycles. The Morgan fingerprint density at radius 1 is 1.37 bits per heavy atom. The zero-order chi connectivity index (χ0) is 13.8. The lowest BCUT2D eigenvalue weighted by Gasteiger charge is -2.26. The molecule has 0 amide bonds. The third-order valence-corrected chi connectivity index (χ3v) is 5.15. The van der Waals surface area contributed by atoms with Crippen molar-refractivity contribution in [2.75, 3.05) is 20.1 Å². The number of nitrogens with zero attached hydrogens (tertiary/aromatic N) is 1. The Morgan fingerprint density at radius 2 is 2.05 bits per heavy atom. The summed E-state index contributed by atoms with van der Waals surface area (Å²) >= 11 is 13.1. The van der Waals surface area contributed by atoms with E-state index in [1.807, 2.05) is 7.05 Å². The summed E-state index contributed by atoms with van der Waals surface area (Å²) in [7, 11) is 2.01. The summed E-state index contributed by atoms with van der Waals surface area (Å²) in [5, 5.41) is 0. The number of ketones is 1. The van der Waals surface area contributed by atoms with E-state index in [1.165, 1.54) is 43.4 Å². The van der Waals surface area contributed by atoms with E-state index in [2.05, 4.69) is 4.90 Å². The van der Waals surface area contributed by atoms with E-state index in [9.17, 15) is 4.79 Å². The second-order valence-corrected chi connectivity index (χ2v) is 7.65. The normalized spacial score (nSPS) is 17.1. The fourth-order valence-corrected chi connectivity index (χ4v) is 4.23. The van der Waals surface area contributed by atoms with Crippen molar-refractivity contribution < 1.29 is 4.79 Å². The van der Waals surface area contributed by atoms with Crippen LogP contribution in [0.4, 0.5) is 0 Å². The molecule has 1 aromatic heterocycles. The van der Waals surface area contributed by atoms with Crippen molar-refractivity contribution in [3.8, 4) is 0 Å². The van der Waals surface area contributed by atoms with Gasteiger partial charge in [0.15, 0.2) is 5.78 Å². The molecule has 19 heavy (non-hydrogen) atoms. The number of hydrogen-bond donors (Lipinski definition) is 0. The fraction of sp³-hybridized carbons (Fsp3) is 0.643. The Kier molecular flexibility index (Phi) is 5.70. The lowest BCUT2D eigenvalue weighted by molar-refractivity contribution is 0.0933. The van der Waals surface area contributed by atoms with Gasteiger partial charge in [0.1, 0.15) is 4.34 Å². The van der Waals surface area contributed by atoms with Crippen molar-refractivity contribution in [3.05, 3.63) is 20.3 Å². The predicted molar refractivity (Wildman–Crippen MR) is 82.7 cm³/mol. The molecule has 0 aliphatic heterocycles. The highest BCUT2D eigenvalue weighted by Crippen LogP contribution is 2.31. The smallest absolute Gasteiger partial charge is 0.179 e. The van der Waals surface area contributed by atoms with Gasteiger partial charge in [-0.2, -0.15) is 0 Å². The van der Waals surface area contributed by atoms with Crippen molar-refractivity contribution in [3.63, 3.8) is 0 Å². The molecule has 106 valence electrons. The summed E-state index contributed by atoms with van der Waals surface area (Å²) in [5.41, 5.74) is 0.562. The van der Waals surface area contributed by atoms with Gasteiger partial charge in [-0.05, 0) is 31.9 Å². The Labute approximate surface area is 128 Å². The van der Waals surface area contributed by atoms with Gasteiger partial charge in [-0.3, -0.25) is 9.69 Å². The summed E-state index contributed by atoms with van der Waals surface area (Å²) in [6, 6.07) is 1.67. The molecule has 2 rings (SSSR count). The lowest BCUT2D eigenvalue weighted by Crippen LogP contribution is -2.31. The van der Waals surface area contributed by atoms with E-state index in [1.54, 1.807) is 6.07 Å². The predicted octanol–water partition coefficient (Wildman–Crippen LogP) is 4.75. The quantitative estimate of drug-likeness (QED) is 0.730. The molecule has 1 heterocycles. The maximum atomic E-state index is 12.2. The van der Waals surface area contributed by atoms with Crippen LogP contribution in [-0.4, -0.2) is 30.8 Å². The number of carbonyl (C=O) groups excluding carboxylic acids is 1. The molecular formula is C14H19Cl2NOS. The van der Waals surface area contributed by atoms with E-state index < -0.39 is 0 Å². The van der Waals surface area contributed by atoms with Gasteiger partial charge >= 0.3 is 0 Å². The number of carbonyl (C=O) groups is 1. The first-order valence-electron chi connectivity index (χ1n) is 6.73. The van der Waals surface area contributed by atoms with Crippen molar-refractivity contribution in [1.82, 2.24) is 4.90 Å². The van der Waals surface area contributed by atoms with Gasteiger partial charge in [0.25, 0.3) is 0 Å². The van der Waals surface area contributed by atoms with Crippen LogP contribution < -0.4 is 0 Å². The molecule has 0 N–H and O–H groups in total. The van der Waals surface area contributed by atoms with Crippen LogP contribution in [0, 0.1) is 5.92 Å². The maximum absolute atomic E-state index is 12.2. The summed E-state index contributed by atoms with van der Waals surface area (Å²) in [6.07, 6.45) is 6.62. The minimum atomic E-state index is 0.0615. The molecule has 1 aromatic rings. The van der Waals surface area contributed by atoms with Gasteiger partial charge in [0.2, 0.25) is 0 Å². The molecule has 1 saturated carbocycles. The molecule has 0 radical (unpaired) electrons. The molecule has 0 bridgehead atoms. The first-order chi connectivity index (χ1) is 9.06. The molecule has 0 aromatic carbocycles. The van der Waals surface area contributed by atoms with Crippen LogP contribution in [0.5, 0.6) is 0 Å². The second kappa shape index (κ2) is 7.07. The van der Waals surface area contributed by atoms with Crippen molar-refractivity contribution in [2.24, 2.45) is 5.92 Å². The number of halogens is 2. The monoisotopic (exact) mass is 319 g/mol. The second-order valence-electron chi connectivity index (χ2n) is 5.36. The first-order valence-corrected chi connectivity index (χ1v) is 8.30. The van der Waals surface area contributed by atoms with Gasteiger partial charge in [0.05, 0.1) is 16.4 Å². The molecule has 0 unspecified atom stereocenters. The summed E-state index contributed by atoms with van der Waals surface area (Å²) < 4.78 is 1.07. The Balaban J connectivity index is 1.86. The van der Waals surface area contributed by atoms with E-state index in [0.29, 0.717) is 20.8 Å². The Bertz CT molecular complexity index is 441. The first kappa shape index (κ1) is 15.3. The van der Waals surface area contributed by atoms with Crippen molar-refractivity contribution in [2.45, 2.75) is 32.1 Å². The topological polar surface area (TPSA) is 20.3 Å². The number of Topliss-reactive ketones (excluding diaryl/α,β-unsaturated/α-hetero) is 1. The summed E-state index contributed by atoms with van der Waals surface area (Å²) in [5.74, 6) is 0.805.